The van der Waals surface area contributed by atoms with E-state index in [0.29, 0.717) is 13.1 Å². The fourth-order valence-corrected chi connectivity index (χ4v) is 4.06. The summed E-state index contributed by atoms with van der Waals surface area (Å²) in [6.45, 7) is 2.60. The number of fused-ring (bicyclic) bond motifs is 1. The molecule has 0 radical (unpaired) electrons. The highest BCUT2D eigenvalue weighted by molar-refractivity contribution is 5.91. The van der Waals surface area contributed by atoms with Gasteiger partial charge in [0.25, 0.3) is 0 Å². The summed E-state index contributed by atoms with van der Waals surface area (Å²) in [6, 6.07) is 17.6. The highest BCUT2D eigenvalue weighted by Crippen LogP contribution is 2.20. The van der Waals surface area contributed by atoms with Crippen LogP contribution in [0, 0.1) is 0 Å². The van der Waals surface area contributed by atoms with Crippen LogP contribution in [-0.2, 0) is 22.4 Å². The fourth-order valence-electron chi connectivity index (χ4n) is 4.06. The number of hydrogen-bond donors (Lipinski definition) is 2. The number of amides is 2. The molecule has 1 fully saturated rings. The molecule has 3 aromatic rings. The molecule has 6 heteroatoms. The first-order valence-electron chi connectivity index (χ1n) is 10.0. The molecular weight excluding hydrogens is 364 g/mol. The summed E-state index contributed by atoms with van der Waals surface area (Å²) in [5, 5.41) is 1.04. The van der Waals surface area contributed by atoms with Crippen LogP contribution >= 0.6 is 0 Å². The van der Waals surface area contributed by atoms with E-state index in [-0.39, 0.29) is 12.3 Å². The van der Waals surface area contributed by atoms with Crippen LogP contribution in [0.5, 0.6) is 0 Å². The lowest BCUT2D eigenvalue weighted by Crippen LogP contribution is -2.60. The van der Waals surface area contributed by atoms with Gasteiger partial charge in [0, 0.05) is 43.3 Å². The second kappa shape index (κ2) is 8.49. The molecule has 1 aromatic heterocycles. The van der Waals surface area contributed by atoms with Gasteiger partial charge in [0.2, 0.25) is 11.8 Å². The minimum Gasteiger partial charge on any atom is -0.368 e. The number of carbonyl (C=O) groups is 2. The molecular formula is C23H26N4O2. The fraction of sp³-hybridized carbons (Fsp3) is 0.304. The van der Waals surface area contributed by atoms with Crippen molar-refractivity contribution in [3.8, 4) is 0 Å². The number of carbonyl (C=O) groups excluding carboxylic acids is 2. The molecule has 29 heavy (non-hydrogen) atoms. The summed E-state index contributed by atoms with van der Waals surface area (Å²) in [6.07, 6.45) is 3.05. The Labute approximate surface area is 170 Å². The monoisotopic (exact) mass is 390 g/mol. The number of rotatable bonds is 6. The Morgan fingerprint density at radius 1 is 1.03 bits per heavy atom. The zero-order valence-corrected chi connectivity index (χ0v) is 16.4. The largest absolute Gasteiger partial charge is 0.368 e. The number of aromatic amines is 1. The van der Waals surface area contributed by atoms with E-state index in [2.05, 4.69) is 22.0 Å². The van der Waals surface area contributed by atoms with Gasteiger partial charge in [0.15, 0.2) is 0 Å². The van der Waals surface area contributed by atoms with E-state index in [1.807, 2.05) is 48.7 Å². The summed E-state index contributed by atoms with van der Waals surface area (Å²) in [5.41, 5.74) is 8.88. The standard InChI is InChI=1S/C23H26N4O2/c24-23(29)21-16-26(11-10-17-6-2-1-3-7-17)12-13-27(21)22(28)14-18-15-25-20-9-5-4-8-19(18)20/h1-9,15,21,25H,10-14,16H2,(H2,24,29)/t21-/m1/s1. The summed E-state index contributed by atoms with van der Waals surface area (Å²) in [4.78, 5) is 32.2. The van der Waals surface area contributed by atoms with Crippen molar-refractivity contribution in [1.82, 2.24) is 14.8 Å². The molecule has 3 N–H and O–H groups in total. The summed E-state index contributed by atoms with van der Waals surface area (Å²) >= 11 is 0. The zero-order chi connectivity index (χ0) is 20.2. The van der Waals surface area contributed by atoms with Gasteiger partial charge in [0.1, 0.15) is 6.04 Å². The molecule has 1 atom stereocenters. The second-order valence-electron chi connectivity index (χ2n) is 7.58. The van der Waals surface area contributed by atoms with Crippen molar-refractivity contribution in [1.29, 1.82) is 0 Å². The van der Waals surface area contributed by atoms with Crippen molar-refractivity contribution < 1.29 is 9.59 Å². The SMILES string of the molecule is NC(=O)[C@H]1CN(CCc2ccccc2)CCN1C(=O)Cc1c[nH]c2ccccc12. The molecule has 1 saturated heterocycles. The number of nitrogens with zero attached hydrogens (tertiary/aromatic N) is 2. The molecule has 0 saturated carbocycles. The lowest BCUT2D eigenvalue weighted by atomic mass is 10.1. The maximum atomic E-state index is 13.0. The zero-order valence-electron chi connectivity index (χ0n) is 16.4. The van der Waals surface area contributed by atoms with Crippen LogP contribution in [-0.4, -0.2) is 58.8 Å². The van der Waals surface area contributed by atoms with Gasteiger partial charge in [-0.15, -0.1) is 0 Å². The van der Waals surface area contributed by atoms with Gasteiger partial charge in [-0.05, 0) is 23.6 Å². The van der Waals surface area contributed by atoms with Crippen LogP contribution in [0.25, 0.3) is 10.9 Å². The first-order valence-corrected chi connectivity index (χ1v) is 10.0. The predicted molar refractivity (Wildman–Crippen MR) is 113 cm³/mol. The van der Waals surface area contributed by atoms with Crippen molar-refractivity contribution in [3.05, 3.63) is 71.9 Å². The lowest BCUT2D eigenvalue weighted by Gasteiger charge is -2.40. The normalized spacial score (nSPS) is 17.5. The van der Waals surface area contributed by atoms with Gasteiger partial charge in [0.05, 0.1) is 6.42 Å². The topological polar surface area (TPSA) is 82.4 Å². The molecule has 6 nitrogen and oxygen atoms in total. The molecule has 0 bridgehead atoms. The second-order valence-corrected chi connectivity index (χ2v) is 7.58. The Hall–Kier alpha value is -3.12. The van der Waals surface area contributed by atoms with Gasteiger partial charge >= 0.3 is 0 Å². The maximum Gasteiger partial charge on any atom is 0.241 e. The molecule has 4 rings (SSSR count). The quantitative estimate of drug-likeness (QED) is 0.675. The summed E-state index contributed by atoms with van der Waals surface area (Å²) in [5.74, 6) is -0.497. The Kier molecular flexibility index (Phi) is 5.62. The number of primary amides is 1. The number of nitrogens with two attached hydrogens (primary N) is 1. The summed E-state index contributed by atoms with van der Waals surface area (Å²) in [7, 11) is 0. The third-order valence-corrected chi connectivity index (χ3v) is 5.69. The third-order valence-electron chi connectivity index (χ3n) is 5.69. The van der Waals surface area contributed by atoms with Crippen LogP contribution in [0.15, 0.2) is 60.8 Å². The Morgan fingerprint density at radius 3 is 2.59 bits per heavy atom. The van der Waals surface area contributed by atoms with Gasteiger partial charge in [-0.3, -0.25) is 14.5 Å². The summed E-state index contributed by atoms with van der Waals surface area (Å²) < 4.78 is 0. The van der Waals surface area contributed by atoms with Crippen LogP contribution < -0.4 is 5.73 Å². The molecule has 2 aromatic carbocycles. The van der Waals surface area contributed by atoms with Gasteiger partial charge in [-0.2, -0.15) is 0 Å². The molecule has 1 aliphatic heterocycles. The molecule has 2 heterocycles. The molecule has 0 unspecified atom stereocenters. The lowest BCUT2D eigenvalue weighted by molar-refractivity contribution is -0.142. The third kappa shape index (κ3) is 4.32. The minimum absolute atomic E-state index is 0.0544. The highest BCUT2D eigenvalue weighted by atomic mass is 16.2. The van der Waals surface area contributed by atoms with Crippen LogP contribution in [0.4, 0.5) is 0 Å². The van der Waals surface area contributed by atoms with E-state index >= 15 is 0 Å². The van der Waals surface area contributed by atoms with Gasteiger partial charge in [-0.1, -0.05) is 48.5 Å². The molecule has 2 amide bonds. The minimum atomic E-state index is -0.586. The number of hydrogen-bond acceptors (Lipinski definition) is 3. The number of H-pyrrole nitrogens is 1. The molecule has 1 aliphatic rings. The predicted octanol–water partition coefficient (Wildman–Crippen LogP) is 1.95. The van der Waals surface area contributed by atoms with Gasteiger partial charge < -0.3 is 15.6 Å². The Morgan fingerprint density at radius 2 is 1.79 bits per heavy atom. The average molecular weight is 390 g/mol. The smallest absolute Gasteiger partial charge is 0.241 e. The van der Waals surface area contributed by atoms with Crippen molar-refractivity contribution in [2.24, 2.45) is 5.73 Å². The number of para-hydroxylation sites is 1. The van der Waals surface area contributed by atoms with Crippen molar-refractivity contribution >= 4 is 22.7 Å². The number of piperazine rings is 1. The maximum absolute atomic E-state index is 13.0. The number of nitrogens with one attached hydrogen (secondary N) is 1. The van der Waals surface area contributed by atoms with Crippen molar-refractivity contribution in [3.63, 3.8) is 0 Å². The molecule has 150 valence electrons. The van der Waals surface area contributed by atoms with E-state index in [0.717, 1.165) is 36.0 Å². The Bertz CT molecular complexity index is 998. The van der Waals surface area contributed by atoms with Crippen LogP contribution in [0.2, 0.25) is 0 Å². The van der Waals surface area contributed by atoms with E-state index in [1.165, 1.54) is 5.56 Å². The Balaban J connectivity index is 1.41. The van der Waals surface area contributed by atoms with Crippen LogP contribution in [0.1, 0.15) is 11.1 Å². The van der Waals surface area contributed by atoms with Crippen molar-refractivity contribution in [2.45, 2.75) is 18.9 Å². The highest BCUT2D eigenvalue weighted by Gasteiger charge is 2.34. The van der Waals surface area contributed by atoms with E-state index < -0.39 is 11.9 Å². The van der Waals surface area contributed by atoms with E-state index in [4.69, 9.17) is 5.73 Å². The average Bonchev–Trinajstić information content (AvgIpc) is 3.15. The first-order chi connectivity index (χ1) is 14.1. The first kappa shape index (κ1) is 19.2. The molecule has 0 spiro atoms. The van der Waals surface area contributed by atoms with E-state index in [1.54, 1.807) is 4.90 Å². The molecule has 0 aliphatic carbocycles. The van der Waals surface area contributed by atoms with Crippen molar-refractivity contribution in [2.75, 3.05) is 26.2 Å². The van der Waals surface area contributed by atoms with Crippen LogP contribution in [0.3, 0.4) is 0 Å². The number of benzene rings is 2. The van der Waals surface area contributed by atoms with Gasteiger partial charge in [-0.25, -0.2) is 0 Å². The van der Waals surface area contributed by atoms with E-state index in [9.17, 15) is 9.59 Å². The number of aromatic nitrogens is 1.